The second-order valence-electron chi connectivity index (χ2n) is 7.14. The Bertz CT molecular complexity index is 476. The Hall–Kier alpha value is -1.14. The average Bonchev–Trinajstić information content (AvgIpc) is 2.59. The lowest BCUT2D eigenvalue weighted by Crippen LogP contribution is -2.41. The maximum absolute atomic E-state index is 14.2. The number of carbonyl (C=O) groups excluding carboxylic acids is 1. The van der Waals surface area contributed by atoms with Gasteiger partial charge in [0, 0.05) is 18.8 Å². The Labute approximate surface area is 144 Å². The molecule has 0 bridgehead atoms. The van der Waals surface area contributed by atoms with Crippen molar-refractivity contribution in [3.8, 4) is 0 Å². The topological polar surface area (TPSA) is 26.3 Å². The molecule has 25 heavy (non-hydrogen) atoms. The molecule has 0 radical (unpaired) electrons. The molecule has 2 rings (SSSR count). The van der Waals surface area contributed by atoms with Crippen LogP contribution >= 0.6 is 0 Å². The van der Waals surface area contributed by atoms with Crippen LogP contribution in [0.5, 0.6) is 0 Å². The van der Waals surface area contributed by atoms with Crippen molar-refractivity contribution in [3.05, 3.63) is 11.7 Å². The number of carbonyl (C=O) groups is 1. The number of rotatable bonds is 5. The monoisotopic (exact) mass is 368 g/mol. The van der Waals surface area contributed by atoms with Crippen LogP contribution in [-0.4, -0.2) is 30.6 Å². The fraction of sp³-hybridized carbons (Fsp3) is 0.833. The number of ether oxygens (including phenoxy) is 1. The van der Waals surface area contributed by atoms with Gasteiger partial charge in [0.2, 0.25) is 5.83 Å². The normalized spacial score (nSPS) is 37.4. The molecule has 0 saturated heterocycles. The van der Waals surface area contributed by atoms with Crippen LogP contribution in [0.1, 0.15) is 58.3 Å². The molecule has 0 spiro atoms. The summed E-state index contributed by atoms with van der Waals surface area (Å²) < 4.78 is 72.5. The van der Waals surface area contributed by atoms with Gasteiger partial charge in [0.1, 0.15) is 24.3 Å². The van der Waals surface area contributed by atoms with Gasteiger partial charge in [-0.25, -0.2) is 22.4 Å². The predicted molar refractivity (Wildman–Crippen MR) is 83.4 cm³/mol. The van der Waals surface area contributed by atoms with E-state index in [0.717, 1.165) is 25.7 Å². The van der Waals surface area contributed by atoms with Crippen LogP contribution in [-0.2, 0) is 9.53 Å². The van der Waals surface area contributed by atoms with Crippen molar-refractivity contribution >= 4 is 5.97 Å². The predicted octanol–water partition coefficient (Wildman–Crippen LogP) is 5.46. The summed E-state index contributed by atoms with van der Waals surface area (Å²) in [6.07, 6.45) is -4.33. The first kappa shape index (κ1) is 20.2. The summed E-state index contributed by atoms with van der Waals surface area (Å²) in [5, 5.41) is 0. The Morgan fingerprint density at radius 3 is 2.08 bits per heavy atom. The highest BCUT2D eigenvalue weighted by Gasteiger charge is 2.41. The van der Waals surface area contributed by atoms with Crippen molar-refractivity contribution in [2.45, 2.75) is 82.9 Å². The molecule has 144 valence electrons. The minimum atomic E-state index is -2.27. The third kappa shape index (κ3) is 5.17. The Balaban J connectivity index is 1.91. The maximum atomic E-state index is 14.2. The van der Waals surface area contributed by atoms with Crippen LogP contribution in [0.4, 0.5) is 22.0 Å². The summed E-state index contributed by atoms with van der Waals surface area (Å²) >= 11 is 0. The van der Waals surface area contributed by atoms with Gasteiger partial charge in [-0.05, 0) is 31.6 Å². The molecule has 0 aromatic heterocycles. The molecule has 2 unspecified atom stereocenters. The van der Waals surface area contributed by atoms with Crippen LogP contribution in [0, 0.1) is 11.8 Å². The minimum absolute atomic E-state index is 0.462. The molecule has 2 nitrogen and oxygen atoms in total. The van der Waals surface area contributed by atoms with Gasteiger partial charge in [0.25, 0.3) is 0 Å². The number of hydrogen-bond donors (Lipinski definition) is 0. The van der Waals surface area contributed by atoms with Gasteiger partial charge < -0.3 is 4.74 Å². The van der Waals surface area contributed by atoms with Gasteiger partial charge in [0.15, 0.2) is 6.17 Å². The molecule has 0 aliphatic heterocycles. The van der Waals surface area contributed by atoms with Gasteiger partial charge in [-0.15, -0.1) is 0 Å². The van der Waals surface area contributed by atoms with E-state index < -0.39 is 61.0 Å². The van der Waals surface area contributed by atoms with Gasteiger partial charge >= 0.3 is 5.97 Å². The lowest BCUT2D eigenvalue weighted by atomic mass is 9.79. The molecule has 0 amide bonds. The summed E-state index contributed by atoms with van der Waals surface area (Å²) in [6, 6.07) is 0. The molecular formula is C18H25F5O2. The molecule has 0 heterocycles. The van der Waals surface area contributed by atoms with E-state index in [1.165, 1.54) is 0 Å². The second-order valence-corrected chi connectivity index (χ2v) is 7.14. The Morgan fingerprint density at radius 2 is 1.56 bits per heavy atom. The quantitative estimate of drug-likeness (QED) is 0.366. The zero-order valence-corrected chi connectivity index (χ0v) is 14.3. The van der Waals surface area contributed by atoms with Gasteiger partial charge in [-0.2, -0.15) is 4.39 Å². The molecule has 0 N–H and O–H groups in total. The van der Waals surface area contributed by atoms with E-state index in [2.05, 4.69) is 11.7 Å². The zero-order chi connectivity index (χ0) is 18.6. The first-order valence-corrected chi connectivity index (χ1v) is 9.01. The summed E-state index contributed by atoms with van der Waals surface area (Å²) in [7, 11) is 0. The summed E-state index contributed by atoms with van der Waals surface area (Å²) in [5.41, 5.74) is 0. The number of allylic oxidation sites excluding steroid dienone is 1. The molecule has 2 fully saturated rings. The van der Waals surface area contributed by atoms with Gasteiger partial charge in [0.05, 0.1) is 0 Å². The first-order chi connectivity index (χ1) is 11.8. The summed E-state index contributed by atoms with van der Waals surface area (Å²) in [5.74, 6) is -4.50. The highest BCUT2D eigenvalue weighted by Crippen LogP contribution is 2.37. The number of alkyl halides is 3. The average molecular weight is 368 g/mol. The molecule has 2 saturated carbocycles. The third-order valence-electron chi connectivity index (χ3n) is 5.23. The minimum Gasteiger partial charge on any atom is -0.457 e. The van der Waals surface area contributed by atoms with Gasteiger partial charge in [-0.3, -0.25) is 0 Å². The highest BCUT2D eigenvalue weighted by molar-refractivity contribution is 5.86. The van der Waals surface area contributed by atoms with E-state index in [9.17, 15) is 26.7 Å². The number of hydrogen-bond acceptors (Lipinski definition) is 2. The Morgan fingerprint density at radius 1 is 1.00 bits per heavy atom. The molecule has 2 atom stereocenters. The van der Waals surface area contributed by atoms with Crippen molar-refractivity contribution < 1.29 is 31.5 Å². The van der Waals surface area contributed by atoms with Crippen LogP contribution in [0.3, 0.4) is 0 Å². The maximum Gasteiger partial charge on any atom is 0.370 e. The molecule has 2 aliphatic carbocycles. The van der Waals surface area contributed by atoms with E-state index in [1.54, 1.807) is 0 Å². The van der Waals surface area contributed by atoms with Crippen molar-refractivity contribution in [1.82, 2.24) is 0 Å². The van der Waals surface area contributed by atoms with E-state index in [0.29, 0.717) is 18.8 Å². The van der Waals surface area contributed by atoms with Crippen LogP contribution in [0.2, 0.25) is 0 Å². The first-order valence-electron chi connectivity index (χ1n) is 9.01. The lowest BCUT2D eigenvalue weighted by Gasteiger charge is -2.30. The van der Waals surface area contributed by atoms with Crippen molar-refractivity contribution in [1.29, 1.82) is 0 Å². The largest absolute Gasteiger partial charge is 0.457 e. The molecule has 0 aromatic carbocycles. The molecular weight excluding hydrogens is 343 g/mol. The molecule has 0 aromatic rings. The van der Waals surface area contributed by atoms with Crippen LogP contribution < -0.4 is 0 Å². The number of halogens is 5. The van der Waals surface area contributed by atoms with E-state index >= 15 is 0 Å². The van der Waals surface area contributed by atoms with E-state index in [1.807, 2.05) is 0 Å². The third-order valence-corrected chi connectivity index (χ3v) is 5.23. The number of esters is 1. The fourth-order valence-electron chi connectivity index (χ4n) is 3.77. The van der Waals surface area contributed by atoms with Crippen molar-refractivity contribution in [3.63, 3.8) is 0 Å². The SMILES string of the molecule is CCCC1CCC(/C(F)=C(\F)C(=O)OC2CC(F)C(F)C(F)C2)CC1. The second kappa shape index (κ2) is 8.99. The molecule has 7 heteroatoms. The summed E-state index contributed by atoms with van der Waals surface area (Å²) in [4.78, 5) is 11.7. The van der Waals surface area contributed by atoms with E-state index in [-0.39, 0.29) is 0 Å². The standard InChI is InChI=1S/C18H25F5O2/c1-2-3-10-4-6-11(7-5-10)15(21)17(23)18(24)25-12-8-13(19)16(22)14(20)9-12/h10-14,16H,2-9H2,1H3/b17-15+. The zero-order valence-electron chi connectivity index (χ0n) is 14.3. The van der Waals surface area contributed by atoms with Crippen molar-refractivity contribution in [2.75, 3.05) is 0 Å². The smallest absolute Gasteiger partial charge is 0.370 e. The summed E-state index contributed by atoms with van der Waals surface area (Å²) in [6.45, 7) is 2.07. The highest BCUT2D eigenvalue weighted by atomic mass is 19.2. The van der Waals surface area contributed by atoms with Gasteiger partial charge in [-0.1, -0.05) is 19.8 Å². The van der Waals surface area contributed by atoms with Crippen LogP contribution in [0.25, 0.3) is 0 Å². The van der Waals surface area contributed by atoms with Crippen LogP contribution in [0.15, 0.2) is 11.7 Å². The van der Waals surface area contributed by atoms with E-state index in [4.69, 9.17) is 0 Å². The fourth-order valence-corrected chi connectivity index (χ4v) is 3.77. The Kier molecular flexibility index (Phi) is 7.25. The van der Waals surface area contributed by atoms with Crippen molar-refractivity contribution in [2.24, 2.45) is 11.8 Å². The molecule has 2 aliphatic rings. The lowest BCUT2D eigenvalue weighted by molar-refractivity contribution is -0.152.